The van der Waals surface area contributed by atoms with Gasteiger partial charge in [-0.2, -0.15) is 26.3 Å². The zero-order valence-corrected chi connectivity index (χ0v) is 11.2. The first-order valence-electron chi connectivity index (χ1n) is 4.63. The number of sulfone groups is 2. The molecule has 0 bridgehead atoms. The minimum Gasteiger partial charge on any atom is -0.303 e. The van der Waals surface area contributed by atoms with Crippen molar-refractivity contribution >= 4 is 32.2 Å². The lowest BCUT2D eigenvalue weighted by molar-refractivity contribution is -0.119. The summed E-state index contributed by atoms with van der Waals surface area (Å²) >= 11 is 0. The van der Waals surface area contributed by atoms with Crippen molar-refractivity contribution in [3.8, 4) is 0 Å². The van der Waals surface area contributed by atoms with Crippen molar-refractivity contribution in [3.63, 3.8) is 0 Å². The van der Waals surface area contributed by atoms with Crippen LogP contribution >= 0.6 is 0 Å². The molecular weight excluding hydrogens is 358 g/mol. The van der Waals surface area contributed by atoms with Gasteiger partial charge in [-0.1, -0.05) is 0 Å². The fraction of sp³-hybridized carbons (Fsp3) is 0.714. The molecule has 21 heavy (non-hydrogen) atoms. The highest BCUT2D eigenvalue weighted by molar-refractivity contribution is 8.09. The van der Waals surface area contributed by atoms with Gasteiger partial charge >= 0.3 is 11.0 Å². The standard InChI is InChI=1S/C7H6F6O6S2/c8-6(9,10)20(16,17)5(1-4(2-14)3-15)21(18,19)7(11,12)13/h2-5H,1H2. The molecule has 124 valence electrons. The summed E-state index contributed by atoms with van der Waals surface area (Å²) in [5.74, 6) is -2.26. The summed E-state index contributed by atoms with van der Waals surface area (Å²) < 4.78 is 113. The summed E-state index contributed by atoms with van der Waals surface area (Å²) in [6, 6.07) is 0. The van der Waals surface area contributed by atoms with Crippen LogP contribution in [0.15, 0.2) is 0 Å². The Morgan fingerprint density at radius 2 is 1.05 bits per heavy atom. The lowest BCUT2D eigenvalue weighted by atomic mass is 10.1. The van der Waals surface area contributed by atoms with Crippen LogP contribution < -0.4 is 0 Å². The molecule has 0 aromatic heterocycles. The Labute approximate surface area is 113 Å². The molecule has 0 aliphatic rings. The van der Waals surface area contributed by atoms with Crippen molar-refractivity contribution in [1.82, 2.24) is 0 Å². The van der Waals surface area contributed by atoms with Crippen LogP contribution in [0.5, 0.6) is 0 Å². The maximum absolute atomic E-state index is 12.3. The van der Waals surface area contributed by atoms with Gasteiger partial charge in [-0.05, 0) is 6.42 Å². The molecule has 0 fully saturated rings. The molecule has 0 amide bonds. The van der Waals surface area contributed by atoms with Crippen LogP contribution in [0.25, 0.3) is 0 Å². The maximum atomic E-state index is 12.3. The monoisotopic (exact) mass is 364 g/mol. The first-order valence-corrected chi connectivity index (χ1v) is 7.73. The zero-order chi connectivity index (χ0) is 17.3. The molecule has 0 saturated heterocycles. The molecule has 14 heteroatoms. The molecule has 6 nitrogen and oxygen atoms in total. The third-order valence-electron chi connectivity index (χ3n) is 2.15. The Hall–Kier alpha value is -1.18. The number of hydrogen-bond acceptors (Lipinski definition) is 6. The molecule has 0 saturated carbocycles. The number of carbonyl (C=O) groups is 2. The predicted octanol–water partition coefficient (Wildman–Crippen LogP) is 0.586. The average Bonchev–Trinajstić information content (AvgIpc) is 2.26. The number of aldehydes is 2. The molecule has 0 radical (unpaired) electrons. The smallest absolute Gasteiger partial charge is 0.303 e. The second-order valence-corrected chi connectivity index (χ2v) is 8.13. The highest BCUT2D eigenvalue weighted by atomic mass is 32.3. The maximum Gasteiger partial charge on any atom is 0.498 e. The molecule has 0 aromatic carbocycles. The molecule has 0 N–H and O–H groups in total. The van der Waals surface area contributed by atoms with Gasteiger partial charge in [-0.25, -0.2) is 16.8 Å². The number of alkyl halides is 6. The molecule has 0 heterocycles. The van der Waals surface area contributed by atoms with E-state index in [9.17, 15) is 52.8 Å². The molecule has 0 atom stereocenters. The van der Waals surface area contributed by atoms with E-state index in [0.29, 0.717) is 0 Å². The Bertz CT molecular complexity index is 548. The minimum absolute atomic E-state index is 0.461. The van der Waals surface area contributed by atoms with Crippen LogP contribution in [0, 0.1) is 5.92 Å². The fourth-order valence-corrected chi connectivity index (χ4v) is 4.62. The molecule has 0 aliphatic heterocycles. The molecule has 0 aliphatic carbocycles. The largest absolute Gasteiger partial charge is 0.498 e. The van der Waals surface area contributed by atoms with Gasteiger partial charge in [0, 0.05) is 0 Å². The quantitative estimate of drug-likeness (QED) is 0.388. The van der Waals surface area contributed by atoms with Crippen molar-refractivity contribution in [2.45, 2.75) is 22.0 Å². The van der Waals surface area contributed by atoms with E-state index in [4.69, 9.17) is 0 Å². The first kappa shape index (κ1) is 19.8. The number of halogens is 6. The van der Waals surface area contributed by atoms with E-state index in [1.807, 2.05) is 0 Å². The third-order valence-corrected chi connectivity index (χ3v) is 6.73. The van der Waals surface area contributed by atoms with E-state index >= 15 is 0 Å². The van der Waals surface area contributed by atoms with Crippen molar-refractivity contribution in [1.29, 1.82) is 0 Å². The molecular formula is C7H6F6O6S2. The topological polar surface area (TPSA) is 102 Å². The summed E-state index contributed by atoms with van der Waals surface area (Å²) in [5.41, 5.74) is -12.6. The van der Waals surface area contributed by atoms with Crippen molar-refractivity contribution < 1.29 is 52.8 Å². The van der Waals surface area contributed by atoms with Gasteiger partial charge < -0.3 is 9.59 Å². The van der Waals surface area contributed by atoms with Crippen molar-refractivity contribution in [2.24, 2.45) is 5.92 Å². The van der Waals surface area contributed by atoms with E-state index in [1.54, 1.807) is 0 Å². The van der Waals surface area contributed by atoms with Crippen LogP contribution in [-0.4, -0.2) is 45.0 Å². The Morgan fingerprint density at radius 3 is 1.24 bits per heavy atom. The van der Waals surface area contributed by atoms with E-state index in [2.05, 4.69) is 0 Å². The van der Waals surface area contributed by atoms with E-state index in [-0.39, 0.29) is 0 Å². The van der Waals surface area contributed by atoms with E-state index in [0.717, 1.165) is 0 Å². The molecule has 0 rings (SSSR count). The normalized spacial score (nSPS) is 14.5. The van der Waals surface area contributed by atoms with Crippen LogP contribution in [-0.2, 0) is 29.3 Å². The van der Waals surface area contributed by atoms with Gasteiger partial charge in [0.2, 0.25) is 0 Å². The van der Waals surface area contributed by atoms with Gasteiger partial charge in [0.15, 0.2) is 4.58 Å². The van der Waals surface area contributed by atoms with Crippen molar-refractivity contribution in [2.75, 3.05) is 0 Å². The van der Waals surface area contributed by atoms with E-state index < -0.39 is 60.2 Å². The van der Waals surface area contributed by atoms with Gasteiger partial charge in [0.1, 0.15) is 12.6 Å². The molecule has 0 aromatic rings. The zero-order valence-electron chi connectivity index (χ0n) is 9.55. The Morgan fingerprint density at radius 1 is 0.762 bits per heavy atom. The van der Waals surface area contributed by atoms with Gasteiger partial charge in [0.05, 0.1) is 5.92 Å². The van der Waals surface area contributed by atoms with Crippen LogP contribution in [0.4, 0.5) is 26.3 Å². The lowest BCUT2D eigenvalue weighted by Gasteiger charge is -2.21. The molecule has 0 unspecified atom stereocenters. The van der Waals surface area contributed by atoms with Crippen LogP contribution in [0.2, 0.25) is 0 Å². The van der Waals surface area contributed by atoms with Crippen LogP contribution in [0.1, 0.15) is 6.42 Å². The second-order valence-electron chi connectivity index (χ2n) is 3.58. The Kier molecular flexibility index (Phi) is 5.57. The minimum atomic E-state index is -6.82. The van der Waals surface area contributed by atoms with Gasteiger partial charge in [-0.3, -0.25) is 0 Å². The summed E-state index contributed by atoms with van der Waals surface area (Å²) in [7, 11) is -13.6. The highest BCUT2D eigenvalue weighted by Gasteiger charge is 2.63. The molecule has 0 spiro atoms. The summed E-state index contributed by atoms with van der Waals surface area (Å²) in [4.78, 5) is 20.5. The lowest BCUT2D eigenvalue weighted by Crippen LogP contribution is -2.46. The highest BCUT2D eigenvalue weighted by Crippen LogP contribution is 2.38. The first-order chi connectivity index (χ1) is 9.12. The fourth-order valence-electron chi connectivity index (χ4n) is 1.08. The van der Waals surface area contributed by atoms with E-state index in [1.165, 1.54) is 0 Å². The summed E-state index contributed by atoms with van der Waals surface area (Å²) in [6.45, 7) is 0. The number of hydrogen-bond donors (Lipinski definition) is 0. The summed E-state index contributed by atoms with van der Waals surface area (Å²) in [6.07, 6.45) is -2.91. The third kappa shape index (κ3) is 3.93. The van der Waals surface area contributed by atoms with Gasteiger partial charge in [0.25, 0.3) is 19.7 Å². The van der Waals surface area contributed by atoms with Gasteiger partial charge in [-0.15, -0.1) is 0 Å². The van der Waals surface area contributed by atoms with Crippen molar-refractivity contribution in [3.05, 3.63) is 0 Å². The van der Waals surface area contributed by atoms with Crippen LogP contribution in [0.3, 0.4) is 0 Å². The SMILES string of the molecule is O=CC(C=O)CC(S(=O)(=O)C(F)(F)F)S(=O)(=O)C(F)(F)F. The number of carbonyl (C=O) groups excluding carboxylic acids is 2. The second kappa shape index (κ2) is 5.90. The average molecular weight is 364 g/mol. The predicted molar refractivity (Wildman–Crippen MR) is 54.0 cm³/mol. The Balaban J connectivity index is 6.21. The summed E-state index contributed by atoms with van der Waals surface area (Å²) in [5, 5.41) is 0. The number of rotatable bonds is 6.